The summed E-state index contributed by atoms with van der Waals surface area (Å²) in [4.78, 5) is 29.0. The zero-order valence-corrected chi connectivity index (χ0v) is 26.4. The van der Waals surface area contributed by atoms with E-state index in [9.17, 15) is 18.0 Å². The normalized spacial score (nSPS) is 11.9. The molecular formula is C32H41N3O7S. The molecule has 0 fully saturated rings. The monoisotopic (exact) mass is 611 g/mol. The standard InChI is InChI=1S/C32H41N3O7S/c1-7-28(32(37)33-20-23(2)3)34(21-24-11-10-12-26(19-24)41-5)31(36)22-35(29-13-8-9-14-30(29)42-6)43(38,39)27-17-15-25(40-4)16-18-27/h8-19,23,28H,7,20-22H2,1-6H3,(H,33,37)/t28-/m0/s1. The number of para-hydroxylation sites is 2. The molecule has 3 rings (SSSR count). The van der Waals surface area contributed by atoms with Crippen molar-refractivity contribution in [1.29, 1.82) is 0 Å². The smallest absolute Gasteiger partial charge is 0.264 e. The number of carbonyl (C=O) groups excluding carboxylic acids is 2. The first-order chi connectivity index (χ1) is 20.5. The maximum Gasteiger partial charge on any atom is 0.264 e. The number of benzene rings is 3. The highest BCUT2D eigenvalue weighted by Gasteiger charge is 2.34. The molecule has 232 valence electrons. The maximum absolute atomic E-state index is 14.3. The second-order valence-electron chi connectivity index (χ2n) is 10.3. The molecule has 10 nitrogen and oxygen atoms in total. The van der Waals surface area contributed by atoms with Crippen LogP contribution in [0.15, 0.2) is 77.7 Å². The summed E-state index contributed by atoms with van der Waals surface area (Å²) in [5.41, 5.74) is 0.914. The predicted octanol–water partition coefficient (Wildman–Crippen LogP) is 4.49. The third kappa shape index (κ3) is 8.41. The van der Waals surface area contributed by atoms with Gasteiger partial charge in [-0.25, -0.2) is 8.42 Å². The number of hydrogen-bond donors (Lipinski definition) is 1. The van der Waals surface area contributed by atoms with Crippen LogP contribution in [0.1, 0.15) is 32.8 Å². The lowest BCUT2D eigenvalue weighted by Crippen LogP contribution is -2.52. The van der Waals surface area contributed by atoms with E-state index in [0.717, 1.165) is 9.87 Å². The molecule has 0 aliphatic heterocycles. The Kier molecular flexibility index (Phi) is 11.8. The molecule has 0 aromatic heterocycles. The van der Waals surface area contributed by atoms with Crippen molar-refractivity contribution in [3.8, 4) is 17.2 Å². The van der Waals surface area contributed by atoms with Gasteiger partial charge >= 0.3 is 0 Å². The van der Waals surface area contributed by atoms with Crippen molar-refractivity contribution < 1.29 is 32.2 Å². The fraction of sp³-hybridized carbons (Fsp3) is 0.375. The topological polar surface area (TPSA) is 114 Å². The molecule has 0 spiro atoms. The molecule has 0 saturated carbocycles. The van der Waals surface area contributed by atoms with E-state index < -0.39 is 28.5 Å². The van der Waals surface area contributed by atoms with Crippen LogP contribution >= 0.6 is 0 Å². The van der Waals surface area contributed by atoms with E-state index in [4.69, 9.17) is 14.2 Å². The SMILES string of the molecule is CC[C@@H](C(=O)NCC(C)C)N(Cc1cccc(OC)c1)C(=O)CN(c1ccccc1OC)S(=O)(=O)c1ccc(OC)cc1. The number of hydrogen-bond acceptors (Lipinski definition) is 7. The van der Waals surface area contributed by atoms with Crippen molar-refractivity contribution in [3.05, 3.63) is 78.4 Å². The van der Waals surface area contributed by atoms with Crippen LogP contribution in [0.2, 0.25) is 0 Å². The van der Waals surface area contributed by atoms with E-state index in [1.165, 1.54) is 43.4 Å². The fourth-order valence-corrected chi connectivity index (χ4v) is 5.96. The highest BCUT2D eigenvalue weighted by atomic mass is 32.2. The molecule has 3 aromatic carbocycles. The van der Waals surface area contributed by atoms with Gasteiger partial charge in [-0.15, -0.1) is 0 Å². The zero-order chi connectivity index (χ0) is 31.6. The van der Waals surface area contributed by atoms with Gasteiger partial charge in [0.05, 0.1) is 31.9 Å². The van der Waals surface area contributed by atoms with Crippen LogP contribution in [-0.2, 0) is 26.2 Å². The Morgan fingerprint density at radius 2 is 1.53 bits per heavy atom. The van der Waals surface area contributed by atoms with Crippen LogP contribution in [0.5, 0.6) is 17.2 Å². The average Bonchev–Trinajstić information content (AvgIpc) is 3.02. The zero-order valence-electron chi connectivity index (χ0n) is 25.6. The second kappa shape index (κ2) is 15.3. The van der Waals surface area contributed by atoms with Gasteiger partial charge in [0, 0.05) is 13.1 Å². The summed E-state index contributed by atoms with van der Waals surface area (Å²) < 4.78 is 45.3. The quantitative estimate of drug-likeness (QED) is 0.269. The minimum absolute atomic E-state index is 0.0342. The van der Waals surface area contributed by atoms with Crippen LogP contribution < -0.4 is 23.8 Å². The van der Waals surface area contributed by atoms with Crippen LogP contribution in [0.4, 0.5) is 5.69 Å². The highest BCUT2D eigenvalue weighted by molar-refractivity contribution is 7.92. The van der Waals surface area contributed by atoms with Crippen molar-refractivity contribution in [2.24, 2.45) is 5.92 Å². The Bertz CT molecular complexity index is 1480. The van der Waals surface area contributed by atoms with E-state index in [2.05, 4.69) is 5.32 Å². The summed E-state index contributed by atoms with van der Waals surface area (Å²) in [6, 6.07) is 18.8. The Morgan fingerprint density at radius 3 is 2.14 bits per heavy atom. The van der Waals surface area contributed by atoms with Crippen molar-refractivity contribution in [2.45, 2.75) is 44.7 Å². The Hall–Kier alpha value is -4.25. The minimum atomic E-state index is -4.27. The molecule has 0 bridgehead atoms. The fourth-order valence-electron chi connectivity index (χ4n) is 4.53. The number of methoxy groups -OCH3 is 3. The number of nitrogens with zero attached hydrogens (tertiary/aromatic N) is 2. The first-order valence-corrected chi connectivity index (χ1v) is 15.5. The number of ether oxygens (including phenoxy) is 3. The predicted molar refractivity (Wildman–Crippen MR) is 166 cm³/mol. The Balaban J connectivity index is 2.09. The molecule has 11 heteroatoms. The van der Waals surface area contributed by atoms with Crippen molar-refractivity contribution in [1.82, 2.24) is 10.2 Å². The van der Waals surface area contributed by atoms with Gasteiger partial charge in [-0.1, -0.05) is 45.0 Å². The van der Waals surface area contributed by atoms with E-state index in [1.807, 2.05) is 26.8 Å². The molecule has 0 aliphatic carbocycles. The van der Waals surface area contributed by atoms with Crippen LogP contribution in [-0.4, -0.2) is 65.6 Å². The van der Waals surface area contributed by atoms with Gasteiger partial charge in [0.2, 0.25) is 11.8 Å². The van der Waals surface area contributed by atoms with E-state index in [-0.39, 0.29) is 34.7 Å². The van der Waals surface area contributed by atoms with Crippen molar-refractivity contribution in [3.63, 3.8) is 0 Å². The lowest BCUT2D eigenvalue weighted by Gasteiger charge is -2.33. The minimum Gasteiger partial charge on any atom is -0.497 e. The molecule has 0 radical (unpaired) electrons. The summed E-state index contributed by atoms with van der Waals surface area (Å²) in [5, 5.41) is 2.93. The lowest BCUT2D eigenvalue weighted by molar-refractivity contribution is -0.140. The molecule has 1 N–H and O–H groups in total. The summed E-state index contributed by atoms with van der Waals surface area (Å²) in [6.07, 6.45) is 0.319. The average molecular weight is 612 g/mol. The van der Waals surface area contributed by atoms with Crippen LogP contribution in [0.25, 0.3) is 0 Å². The van der Waals surface area contributed by atoms with Gasteiger partial charge in [0.15, 0.2) is 0 Å². The molecule has 0 heterocycles. The Labute approximate surface area is 254 Å². The first kappa shape index (κ1) is 33.3. The van der Waals surface area contributed by atoms with E-state index in [1.54, 1.807) is 49.6 Å². The maximum atomic E-state index is 14.3. The number of amides is 2. The van der Waals surface area contributed by atoms with Gasteiger partial charge < -0.3 is 24.4 Å². The molecule has 1 atom stereocenters. The van der Waals surface area contributed by atoms with Crippen LogP contribution in [0.3, 0.4) is 0 Å². The van der Waals surface area contributed by atoms with Crippen molar-refractivity contribution in [2.75, 3.05) is 38.7 Å². The molecule has 3 aromatic rings. The summed E-state index contributed by atoms with van der Waals surface area (Å²) in [6.45, 7) is 5.71. The second-order valence-corrected chi connectivity index (χ2v) is 12.2. The third-order valence-corrected chi connectivity index (χ3v) is 8.61. The first-order valence-electron chi connectivity index (χ1n) is 14.1. The molecule has 0 aliphatic rings. The largest absolute Gasteiger partial charge is 0.497 e. The van der Waals surface area contributed by atoms with Gasteiger partial charge in [0.1, 0.15) is 29.8 Å². The highest BCUT2D eigenvalue weighted by Crippen LogP contribution is 2.33. The molecule has 0 saturated heterocycles. The summed E-state index contributed by atoms with van der Waals surface area (Å²) in [5.74, 6) is 0.696. The van der Waals surface area contributed by atoms with Crippen molar-refractivity contribution >= 4 is 27.5 Å². The number of nitrogens with one attached hydrogen (secondary N) is 1. The molecule has 43 heavy (non-hydrogen) atoms. The lowest BCUT2D eigenvalue weighted by atomic mass is 10.1. The Morgan fingerprint density at radius 1 is 0.860 bits per heavy atom. The molecule has 0 unspecified atom stereocenters. The van der Waals surface area contributed by atoms with Crippen LogP contribution in [0, 0.1) is 5.92 Å². The van der Waals surface area contributed by atoms with E-state index in [0.29, 0.717) is 24.5 Å². The number of rotatable bonds is 15. The number of sulfonamides is 1. The number of anilines is 1. The van der Waals surface area contributed by atoms with Gasteiger partial charge in [-0.3, -0.25) is 13.9 Å². The third-order valence-electron chi connectivity index (χ3n) is 6.84. The van der Waals surface area contributed by atoms with Gasteiger partial charge in [-0.05, 0) is 66.4 Å². The summed E-state index contributed by atoms with van der Waals surface area (Å²) in [7, 11) is 0.197. The van der Waals surface area contributed by atoms with Gasteiger partial charge in [-0.2, -0.15) is 0 Å². The summed E-state index contributed by atoms with van der Waals surface area (Å²) >= 11 is 0. The molecular weight excluding hydrogens is 570 g/mol. The van der Waals surface area contributed by atoms with E-state index >= 15 is 0 Å². The molecule has 2 amide bonds. The van der Waals surface area contributed by atoms with Gasteiger partial charge in [0.25, 0.3) is 10.0 Å². The number of carbonyl (C=O) groups is 2.